The van der Waals surface area contributed by atoms with Crippen molar-refractivity contribution in [3.63, 3.8) is 0 Å². The molecule has 1 unspecified atom stereocenters. The van der Waals surface area contributed by atoms with E-state index in [4.69, 9.17) is 0 Å². The Bertz CT molecular complexity index is 546. The van der Waals surface area contributed by atoms with E-state index >= 15 is 0 Å². The quantitative estimate of drug-likeness (QED) is 0.704. The summed E-state index contributed by atoms with van der Waals surface area (Å²) >= 11 is 0. The zero-order valence-corrected chi connectivity index (χ0v) is 13.7. The maximum atomic E-state index is 3.47. The van der Waals surface area contributed by atoms with Crippen molar-refractivity contribution >= 4 is 5.69 Å². The van der Waals surface area contributed by atoms with E-state index in [0.29, 0.717) is 0 Å². The van der Waals surface area contributed by atoms with Crippen LogP contribution < -0.4 is 5.32 Å². The van der Waals surface area contributed by atoms with E-state index in [0.717, 1.165) is 11.4 Å². The standard InChI is InChI=1S/C20H27N/c1-5-19(3,6-2)20(4)15-10-13-18(14-16-20)21-17-11-8-7-9-12-17/h7-16,21H,5-6H2,1-4H3. The van der Waals surface area contributed by atoms with Gasteiger partial charge >= 0.3 is 0 Å². The molecule has 0 aromatic heterocycles. The van der Waals surface area contributed by atoms with Crippen LogP contribution in [-0.2, 0) is 0 Å². The second-order valence-electron chi connectivity index (χ2n) is 6.36. The molecule has 0 saturated carbocycles. The molecule has 1 heteroatoms. The normalized spacial score (nSPS) is 21.8. The number of hydrogen-bond acceptors (Lipinski definition) is 1. The molecule has 1 aliphatic carbocycles. The number of anilines is 1. The third kappa shape index (κ3) is 3.29. The van der Waals surface area contributed by atoms with Gasteiger partial charge in [-0.1, -0.05) is 64.1 Å². The van der Waals surface area contributed by atoms with Crippen LogP contribution in [0.3, 0.4) is 0 Å². The van der Waals surface area contributed by atoms with Gasteiger partial charge in [0, 0.05) is 16.8 Å². The molecular weight excluding hydrogens is 254 g/mol. The van der Waals surface area contributed by atoms with Crippen molar-refractivity contribution < 1.29 is 0 Å². The van der Waals surface area contributed by atoms with Gasteiger partial charge in [-0.15, -0.1) is 0 Å². The van der Waals surface area contributed by atoms with Gasteiger partial charge in [-0.3, -0.25) is 0 Å². The summed E-state index contributed by atoms with van der Waals surface area (Å²) < 4.78 is 0. The first-order valence-corrected chi connectivity index (χ1v) is 7.94. The summed E-state index contributed by atoms with van der Waals surface area (Å²) in [6.07, 6.45) is 13.6. The number of allylic oxidation sites excluding steroid dienone is 5. The van der Waals surface area contributed by atoms with Crippen molar-refractivity contribution in [1.82, 2.24) is 0 Å². The van der Waals surface area contributed by atoms with E-state index < -0.39 is 0 Å². The van der Waals surface area contributed by atoms with E-state index in [1.54, 1.807) is 0 Å². The molecule has 1 aliphatic rings. The Hall–Kier alpha value is -1.76. The maximum absolute atomic E-state index is 3.47. The van der Waals surface area contributed by atoms with Crippen LogP contribution >= 0.6 is 0 Å². The number of nitrogens with one attached hydrogen (secondary N) is 1. The molecule has 0 fully saturated rings. The highest BCUT2D eigenvalue weighted by Gasteiger charge is 2.38. The lowest BCUT2D eigenvalue weighted by Gasteiger charge is -2.42. The highest BCUT2D eigenvalue weighted by molar-refractivity contribution is 5.52. The largest absolute Gasteiger partial charge is 0.356 e. The minimum absolute atomic E-state index is 0.0904. The third-order valence-electron chi connectivity index (χ3n) is 5.25. The topological polar surface area (TPSA) is 12.0 Å². The van der Waals surface area contributed by atoms with Crippen molar-refractivity contribution in [3.8, 4) is 0 Å². The Balaban J connectivity index is 2.20. The molecule has 0 radical (unpaired) electrons. The van der Waals surface area contributed by atoms with E-state index in [9.17, 15) is 0 Å². The fourth-order valence-corrected chi connectivity index (χ4v) is 2.91. The molecule has 1 aromatic carbocycles. The maximum Gasteiger partial charge on any atom is 0.0384 e. The van der Waals surface area contributed by atoms with Crippen molar-refractivity contribution in [2.75, 3.05) is 5.32 Å². The number of rotatable bonds is 5. The van der Waals surface area contributed by atoms with Gasteiger partial charge in [-0.25, -0.2) is 0 Å². The van der Waals surface area contributed by atoms with Crippen LogP contribution in [-0.4, -0.2) is 0 Å². The lowest BCUT2D eigenvalue weighted by molar-refractivity contribution is 0.155. The third-order valence-corrected chi connectivity index (χ3v) is 5.25. The number of benzene rings is 1. The van der Waals surface area contributed by atoms with Crippen LogP contribution in [0.25, 0.3) is 0 Å². The van der Waals surface area contributed by atoms with Gasteiger partial charge in [0.25, 0.3) is 0 Å². The van der Waals surface area contributed by atoms with Gasteiger partial charge in [0.15, 0.2) is 0 Å². The smallest absolute Gasteiger partial charge is 0.0384 e. The summed E-state index contributed by atoms with van der Waals surface area (Å²) in [5.74, 6) is 0. The lowest BCUT2D eigenvalue weighted by atomic mass is 9.62. The molecule has 0 heterocycles. The first-order valence-electron chi connectivity index (χ1n) is 7.94. The highest BCUT2D eigenvalue weighted by atomic mass is 14.9. The molecule has 112 valence electrons. The number of para-hydroxylation sites is 1. The first-order chi connectivity index (χ1) is 10.0. The Morgan fingerprint density at radius 2 is 1.71 bits per heavy atom. The minimum atomic E-state index is 0.0904. The first kappa shape index (κ1) is 15.6. The van der Waals surface area contributed by atoms with Gasteiger partial charge < -0.3 is 5.32 Å². The van der Waals surface area contributed by atoms with Crippen molar-refractivity contribution in [1.29, 1.82) is 0 Å². The van der Waals surface area contributed by atoms with Gasteiger partial charge in [0.2, 0.25) is 0 Å². The molecule has 1 N–H and O–H groups in total. The summed E-state index contributed by atoms with van der Waals surface area (Å²) in [6, 6.07) is 10.3. The zero-order chi connectivity index (χ0) is 15.3. The van der Waals surface area contributed by atoms with E-state index in [1.807, 2.05) is 6.07 Å². The Morgan fingerprint density at radius 3 is 2.33 bits per heavy atom. The summed E-state index contributed by atoms with van der Waals surface area (Å²) in [7, 11) is 0. The van der Waals surface area contributed by atoms with Crippen molar-refractivity contribution in [3.05, 3.63) is 66.4 Å². The Kier molecular flexibility index (Phi) is 4.72. The summed E-state index contributed by atoms with van der Waals surface area (Å²) in [5, 5.41) is 3.47. The second-order valence-corrected chi connectivity index (χ2v) is 6.36. The highest BCUT2D eigenvalue weighted by Crippen LogP contribution is 2.47. The molecule has 21 heavy (non-hydrogen) atoms. The van der Waals surface area contributed by atoms with Gasteiger partial charge in [-0.05, 0) is 42.5 Å². The molecule has 0 spiro atoms. The molecule has 2 rings (SSSR count). The van der Waals surface area contributed by atoms with E-state index in [1.165, 1.54) is 12.8 Å². The van der Waals surface area contributed by atoms with Crippen LogP contribution in [0.5, 0.6) is 0 Å². The zero-order valence-electron chi connectivity index (χ0n) is 13.7. The molecule has 0 amide bonds. The van der Waals surface area contributed by atoms with Crippen molar-refractivity contribution in [2.24, 2.45) is 10.8 Å². The predicted molar refractivity (Wildman–Crippen MR) is 93.2 cm³/mol. The molecule has 1 aromatic rings. The van der Waals surface area contributed by atoms with Gasteiger partial charge in [0.05, 0.1) is 0 Å². The van der Waals surface area contributed by atoms with Crippen LogP contribution in [0.1, 0.15) is 40.5 Å². The van der Waals surface area contributed by atoms with E-state index in [-0.39, 0.29) is 10.8 Å². The van der Waals surface area contributed by atoms with Crippen LogP contribution in [0.15, 0.2) is 66.4 Å². The average molecular weight is 281 g/mol. The SMILES string of the molecule is CCC(C)(CC)C1(C)C=CC=C(Nc2ccccc2)C=C1. The summed E-state index contributed by atoms with van der Waals surface area (Å²) in [4.78, 5) is 0. The predicted octanol–water partition coefficient (Wildman–Crippen LogP) is 5.94. The van der Waals surface area contributed by atoms with E-state index in [2.05, 4.69) is 87.7 Å². The van der Waals surface area contributed by atoms with Crippen molar-refractivity contribution in [2.45, 2.75) is 40.5 Å². The number of hydrogen-bond donors (Lipinski definition) is 1. The lowest BCUT2D eigenvalue weighted by Crippen LogP contribution is -2.33. The van der Waals surface area contributed by atoms with Gasteiger partial charge in [-0.2, -0.15) is 0 Å². The van der Waals surface area contributed by atoms with Crippen LogP contribution in [0, 0.1) is 10.8 Å². The Morgan fingerprint density at radius 1 is 1.05 bits per heavy atom. The monoisotopic (exact) mass is 281 g/mol. The molecular formula is C20H27N. The molecule has 1 atom stereocenters. The molecule has 0 aliphatic heterocycles. The second kappa shape index (κ2) is 6.34. The fourth-order valence-electron chi connectivity index (χ4n) is 2.91. The van der Waals surface area contributed by atoms with Crippen LogP contribution in [0.2, 0.25) is 0 Å². The fraction of sp³-hybridized carbons (Fsp3) is 0.400. The summed E-state index contributed by atoms with van der Waals surface area (Å²) in [6.45, 7) is 9.30. The van der Waals surface area contributed by atoms with Crippen LogP contribution in [0.4, 0.5) is 5.69 Å². The average Bonchev–Trinajstić information content (AvgIpc) is 2.71. The molecule has 1 nitrogen and oxygen atoms in total. The molecule has 0 saturated heterocycles. The summed E-state index contributed by atoms with van der Waals surface area (Å²) in [5.41, 5.74) is 2.64. The molecule has 0 bridgehead atoms. The minimum Gasteiger partial charge on any atom is -0.356 e. The van der Waals surface area contributed by atoms with Gasteiger partial charge in [0.1, 0.15) is 0 Å². The Labute approximate surface area is 129 Å².